The van der Waals surface area contributed by atoms with Crippen LogP contribution in [0.15, 0.2) is 30.5 Å². The molecule has 0 bridgehead atoms. The highest BCUT2D eigenvalue weighted by atomic mass is 16.2. The first-order valence-corrected chi connectivity index (χ1v) is 11.4. The second kappa shape index (κ2) is 9.18. The molecule has 2 aromatic rings. The van der Waals surface area contributed by atoms with E-state index in [4.69, 9.17) is 5.73 Å². The first-order valence-electron chi connectivity index (χ1n) is 11.4. The molecule has 2 aliphatic rings. The second-order valence-electron chi connectivity index (χ2n) is 9.00. The van der Waals surface area contributed by atoms with Gasteiger partial charge in [0.25, 0.3) is 11.8 Å². The lowest BCUT2D eigenvalue weighted by Gasteiger charge is -2.43. The smallest absolute Gasteiger partial charge is 0.279 e. The number of likely N-dealkylation sites (tertiary alicyclic amines) is 2. The molecule has 30 heavy (non-hydrogen) atoms. The first kappa shape index (κ1) is 20.9. The zero-order valence-electron chi connectivity index (χ0n) is 17.8. The molecule has 2 saturated heterocycles. The van der Waals surface area contributed by atoms with Crippen LogP contribution in [0.3, 0.4) is 0 Å². The predicted octanol–water partition coefficient (Wildman–Crippen LogP) is -1.20. The van der Waals surface area contributed by atoms with Crippen LogP contribution in [0.25, 0.3) is 10.9 Å². The van der Waals surface area contributed by atoms with Gasteiger partial charge in [-0.3, -0.25) is 9.59 Å². The van der Waals surface area contributed by atoms with E-state index in [0.717, 1.165) is 51.0 Å². The number of para-hydroxylation sites is 1. The summed E-state index contributed by atoms with van der Waals surface area (Å²) in [5.74, 6) is -0.0663. The molecule has 3 heterocycles. The fraction of sp³-hybridized carbons (Fsp3) is 0.565. The Morgan fingerprint density at radius 2 is 1.80 bits per heavy atom. The van der Waals surface area contributed by atoms with Gasteiger partial charge in [0, 0.05) is 23.6 Å². The summed E-state index contributed by atoms with van der Waals surface area (Å²) >= 11 is 0. The maximum Gasteiger partial charge on any atom is 0.279 e. The van der Waals surface area contributed by atoms with Gasteiger partial charge in [-0.2, -0.15) is 0 Å². The quantitative estimate of drug-likeness (QED) is 0.394. The minimum atomic E-state index is -0.421. The molecule has 2 aliphatic heterocycles. The highest BCUT2D eigenvalue weighted by molar-refractivity contribution is 5.84. The summed E-state index contributed by atoms with van der Waals surface area (Å²) in [6.07, 6.45) is 8.03. The number of piperidine rings is 2. The summed E-state index contributed by atoms with van der Waals surface area (Å²) in [5.41, 5.74) is 7.82. The molecule has 0 saturated carbocycles. The number of hydrogen-bond donors (Lipinski definition) is 5. The molecule has 2 fully saturated rings. The van der Waals surface area contributed by atoms with E-state index >= 15 is 0 Å². The summed E-state index contributed by atoms with van der Waals surface area (Å²) in [6, 6.07) is 8.23. The van der Waals surface area contributed by atoms with Crippen molar-refractivity contribution < 1.29 is 19.4 Å². The number of carbonyl (C=O) groups excluding carboxylic acids is 2. The molecule has 7 nitrogen and oxygen atoms in total. The van der Waals surface area contributed by atoms with E-state index in [2.05, 4.69) is 22.4 Å². The van der Waals surface area contributed by atoms with Crippen molar-refractivity contribution in [2.24, 2.45) is 5.73 Å². The predicted molar refractivity (Wildman–Crippen MR) is 116 cm³/mol. The maximum atomic E-state index is 12.5. The summed E-state index contributed by atoms with van der Waals surface area (Å²) < 4.78 is 0. The monoisotopic (exact) mass is 413 g/mol. The molecule has 2 amide bonds. The number of nitrogens with one attached hydrogen (secondary N) is 4. The molecular weight excluding hydrogens is 378 g/mol. The van der Waals surface area contributed by atoms with Gasteiger partial charge in [0.15, 0.2) is 12.1 Å². The number of fused-ring (bicyclic) bond motifs is 1. The highest BCUT2D eigenvalue weighted by Crippen LogP contribution is 2.17. The second-order valence-corrected chi connectivity index (χ2v) is 9.00. The molecule has 1 aromatic heterocycles. The van der Waals surface area contributed by atoms with Crippen LogP contribution in [0.1, 0.15) is 37.7 Å². The molecule has 0 atom stereocenters. The topological polar surface area (TPSA) is 96.9 Å². The lowest BCUT2D eigenvalue weighted by Crippen LogP contribution is -3.26. The van der Waals surface area contributed by atoms with Gasteiger partial charge >= 0.3 is 0 Å². The average molecular weight is 414 g/mol. The van der Waals surface area contributed by atoms with Gasteiger partial charge in [-0.25, -0.2) is 0 Å². The van der Waals surface area contributed by atoms with Crippen LogP contribution in [0.4, 0.5) is 0 Å². The summed E-state index contributed by atoms with van der Waals surface area (Å²) in [6.45, 7) is 4.87. The minimum Gasteiger partial charge on any atom is -0.364 e. The number of aromatic nitrogens is 1. The number of aromatic amines is 1. The van der Waals surface area contributed by atoms with Crippen LogP contribution < -0.4 is 20.9 Å². The van der Waals surface area contributed by atoms with E-state index in [-0.39, 0.29) is 11.8 Å². The SMILES string of the molecule is NC(=O)C1([NH+]2CCCCC2)CC[NH+](CC(=O)NCCc2c[nH]c3ccccc23)CC1. The Balaban J connectivity index is 1.24. The Labute approximate surface area is 178 Å². The standard InChI is InChI=1S/C23H33N5O2/c24-22(30)23(28-12-4-1-5-13-28)9-14-27(15-10-23)17-21(29)25-11-8-18-16-26-20-7-3-2-6-19(18)20/h2-3,6-7,16,26H,1,4-5,8-15,17H2,(H2,24,30)(H,25,29)/p+2. The van der Waals surface area contributed by atoms with Gasteiger partial charge in [0.1, 0.15) is 0 Å². The molecule has 0 aliphatic carbocycles. The lowest BCUT2D eigenvalue weighted by molar-refractivity contribution is -0.972. The Morgan fingerprint density at radius 3 is 2.53 bits per heavy atom. The number of primary amides is 1. The maximum absolute atomic E-state index is 12.5. The number of quaternary nitrogens is 2. The van der Waals surface area contributed by atoms with Crippen molar-refractivity contribution in [3.8, 4) is 0 Å². The Bertz CT molecular complexity index is 879. The zero-order chi connectivity index (χ0) is 21.0. The van der Waals surface area contributed by atoms with Crippen molar-refractivity contribution in [3.05, 3.63) is 36.0 Å². The van der Waals surface area contributed by atoms with Crippen molar-refractivity contribution in [2.75, 3.05) is 39.3 Å². The third-order valence-electron chi connectivity index (χ3n) is 7.22. The van der Waals surface area contributed by atoms with Crippen molar-refractivity contribution in [2.45, 2.75) is 44.1 Å². The number of amides is 2. The normalized spacial score (nSPS) is 25.3. The summed E-state index contributed by atoms with van der Waals surface area (Å²) in [5, 5.41) is 4.29. The molecule has 6 N–H and O–H groups in total. The van der Waals surface area contributed by atoms with Crippen molar-refractivity contribution in [3.63, 3.8) is 0 Å². The van der Waals surface area contributed by atoms with Gasteiger partial charge in [-0.1, -0.05) is 18.2 Å². The fourth-order valence-electron chi connectivity index (χ4n) is 5.40. The molecule has 1 aromatic carbocycles. The summed E-state index contributed by atoms with van der Waals surface area (Å²) in [4.78, 5) is 30.7. The molecule has 7 heteroatoms. The molecule has 0 spiro atoms. The van der Waals surface area contributed by atoms with E-state index < -0.39 is 5.54 Å². The van der Waals surface area contributed by atoms with Crippen molar-refractivity contribution >= 4 is 22.7 Å². The Kier molecular flexibility index (Phi) is 6.39. The third-order valence-corrected chi connectivity index (χ3v) is 7.22. The Morgan fingerprint density at radius 1 is 1.07 bits per heavy atom. The first-order chi connectivity index (χ1) is 14.6. The van der Waals surface area contributed by atoms with Crippen molar-refractivity contribution in [1.82, 2.24) is 10.3 Å². The van der Waals surface area contributed by atoms with Crippen molar-refractivity contribution in [1.29, 1.82) is 0 Å². The summed E-state index contributed by atoms with van der Waals surface area (Å²) in [7, 11) is 0. The number of H-pyrrole nitrogens is 1. The number of nitrogens with two attached hydrogens (primary N) is 1. The van der Waals surface area contributed by atoms with Crippen LogP contribution in [0.2, 0.25) is 0 Å². The molecule has 0 unspecified atom stereocenters. The zero-order valence-corrected chi connectivity index (χ0v) is 17.8. The average Bonchev–Trinajstić information content (AvgIpc) is 3.18. The van der Waals surface area contributed by atoms with Crippen LogP contribution >= 0.6 is 0 Å². The van der Waals surface area contributed by atoms with Crippen LogP contribution in [-0.4, -0.2) is 61.6 Å². The van der Waals surface area contributed by atoms with Crippen LogP contribution in [-0.2, 0) is 16.0 Å². The lowest BCUT2D eigenvalue weighted by atomic mass is 9.83. The van der Waals surface area contributed by atoms with Gasteiger partial charge in [-0.15, -0.1) is 0 Å². The van der Waals surface area contributed by atoms with Gasteiger partial charge in [0.2, 0.25) is 0 Å². The van der Waals surface area contributed by atoms with E-state index in [1.54, 1.807) is 0 Å². The molecule has 162 valence electrons. The van der Waals surface area contributed by atoms with E-state index in [0.29, 0.717) is 13.1 Å². The molecule has 4 rings (SSSR count). The van der Waals surface area contributed by atoms with Gasteiger partial charge in [-0.05, 0) is 37.3 Å². The van der Waals surface area contributed by atoms with E-state index in [1.165, 1.54) is 40.0 Å². The molecular formula is C23H35N5O2+2. The van der Waals surface area contributed by atoms with E-state index in [9.17, 15) is 9.59 Å². The number of carbonyl (C=O) groups is 2. The number of rotatable bonds is 7. The fourth-order valence-corrected chi connectivity index (χ4v) is 5.40. The largest absolute Gasteiger partial charge is 0.364 e. The van der Waals surface area contributed by atoms with Gasteiger partial charge < -0.3 is 25.8 Å². The van der Waals surface area contributed by atoms with Gasteiger partial charge in [0.05, 0.1) is 39.0 Å². The Hall–Kier alpha value is -2.38. The minimum absolute atomic E-state index is 0.0849. The van der Waals surface area contributed by atoms with E-state index in [1.807, 2.05) is 18.3 Å². The third kappa shape index (κ3) is 4.37. The van der Waals surface area contributed by atoms with Crippen LogP contribution in [0, 0.1) is 0 Å². The molecule has 0 radical (unpaired) electrons. The highest BCUT2D eigenvalue weighted by Gasteiger charge is 2.50. The number of benzene rings is 1. The van der Waals surface area contributed by atoms with Crippen LogP contribution in [0.5, 0.6) is 0 Å². The number of hydrogen-bond acceptors (Lipinski definition) is 2.